The summed E-state index contributed by atoms with van der Waals surface area (Å²) in [5.41, 5.74) is 4.09. The zero-order valence-electron chi connectivity index (χ0n) is 17.7. The third-order valence-corrected chi connectivity index (χ3v) is 5.85. The predicted octanol–water partition coefficient (Wildman–Crippen LogP) is 2.40. The molecule has 0 saturated carbocycles. The smallest absolute Gasteiger partial charge is 0.222 e. The van der Waals surface area contributed by atoms with E-state index in [0.29, 0.717) is 5.91 Å². The second-order valence-corrected chi connectivity index (χ2v) is 7.77. The summed E-state index contributed by atoms with van der Waals surface area (Å²) in [5, 5.41) is 3.44. The molecule has 1 aromatic rings. The van der Waals surface area contributed by atoms with Crippen molar-refractivity contribution in [3.8, 4) is 0 Å². The molecule has 0 aromatic heterocycles. The standard InChI is InChI=1S/C22H35N5O/c1-4-23-22(24-11-7-13-26-12-6-10-21(26)28)27-16-14-25(15-17-27)20-9-5-8-18(2)19(20)3/h5,8-9H,4,6-7,10-17H2,1-3H3,(H,23,24). The first kappa shape index (κ1) is 20.5. The van der Waals surface area contributed by atoms with E-state index in [1.54, 1.807) is 0 Å². The van der Waals surface area contributed by atoms with E-state index in [0.717, 1.165) is 77.6 Å². The van der Waals surface area contributed by atoms with Gasteiger partial charge in [-0.25, -0.2) is 0 Å². The molecule has 0 aliphatic carbocycles. The van der Waals surface area contributed by atoms with Gasteiger partial charge in [-0.1, -0.05) is 12.1 Å². The number of nitrogens with one attached hydrogen (secondary N) is 1. The van der Waals surface area contributed by atoms with E-state index in [-0.39, 0.29) is 0 Å². The number of nitrogens with zero attached hydrogens (tertiary/aromatic N) is 4. The van der Waals surface area contributed by atoms with Gasteiger partial charge in [-0.2, -0.15) is 0 Å². The number of carbonyl (C=O) groups is 1. The molecule has 0 unspecified atom stereocenters. The number of rotatable bonds is 6. The Hall–Kier alpha value is -2.24. The first-order valence-corrected chi connectivity index (χ1v) is 10.7. The van der Waals surface area contributed by atoms with Gasteiger partial charge in [0.25, 0.3) is 0 Å². The quantitative estimate of drug-likeness (QED) is 0.464. The maximum atomic E-state index is 11.7. The van der Waals surface area contributed by atoms with Gasteiger partial charge in [0.1, 0.15) is 0 Å². The first-order chi connectivity index (χ1) is 13.6. The van der Waals surface area contributed by atoms with E-state index in [2.05, 4.69) is 54.1 Å². The molecular weight excluding hydrogens is 350 g/mol. The highest BCUT2D eigenvalue weighted by Crippen LogP contribution is 2.23. The maximum Gasteiger partial charge on any atom is 0.222 e. The molecule has 0 atom stereocenters. The molecule has 0 radical (unpaired) electrons. The normalized spacial score (nSPS) is 18.2. The second kappa shape index (κ2) is 9.80. The molecule has 2 aliphatic heterocycles. The van der Waals surface area contributed by atoms with Crippen LogP contribution < -0.4 is 10.2 Å². The van der Waals surface area contributed by atoms with Crippen LogP contribution in [0.1, 0.15) is 37.3 Å². The lowest BCUT2D eigenvalue weighted by Crippen LogP contribution is -2.52. The van der Waals surface area contributed by atoms with Crippen LogP contribution in [0.2, 0.25) is 0 Å². The zero-order chi connectivity index (χ0) is 19.9. The minimum atomic E-state index is 0.304. The summed E-state index contributed by atoms with van der Waals surface area (Å²) in [6, 6.07) is 6.57. The second-order valence-electron chi connectivity index (χ2n) is 7.77. The van der Waals surface area contributed by atoms with Gasteiger partial charge in [-0.3, -0.25) is 9.79 Å². The first-order valence-electron chi connectivity index (χ1n) is 10.7. The van der Waals surface area contributed by atoms with Crippen molar-refractivity contribution in [1.29, 1.82) is 0 Å². The molecule has 2 fully saturated rings. The number of anilines is 1. The van der Waals surface area contributed by atoms with Crippen LogP contribution in [0.5, 0.6) is 0 Å². The molecular formula is C22H35N5O. The summed E-state index contributed by atoms with van der Waals surface area (Å²) in [4.78, 5) is 23.4. The third kappa shape index (κ3) is 4.97. The number of hydrogen-bond donors (Lipinski definition) is 1. The molecule has 2 saturated heterocycles. The van der Waals surface area contributed by atoms with Crippen LogP contribution in [-0.2, 0) is 4.79 Å². The Morgan fingerprint density at radius 1 is 1.14 bits per heavy atom. The minimum Gasteiger partial charge on any atom is -0.368 e. The van der Waals surface area contributed by atoms with E-state index in [1.807, 2.05) is 4.90 Å². The Labute approximate surface area is 169 Å². The largest absolute Gasteiger partial charge is 0.368 e. The summed E-state index contributed by atoms with van der Waals surface area (Å²) in [5.74, 6) is 1.31. The summed E-state index contributed by atoms with van der Waals surface area (Å²) >= 11 is 0. The molecule has 6 nitrogen and oxygen atoms in total. The molecule has 1 amide bonds. The van der Waals surface area contributed by atoms with Gasteiger partial charge in [-0.05, 0) is 50.8 Å². The lowest BCUT2D eigenvalue weighted by molar-refractivity contribution is -0.127. The van der Waals surface area contributed by atoms with E-state index in [4.69, 9.17) is 4.99 Å². The summed E-state index contributed by atoms with van der Waals surface area (Å²) in [6.45, 7) is 13.9. The fourth-order valence-corrected chi connectivity index (χ4v) is 4.05. The topological polar surface area (TPSA) is 51.2 Å². The van der Waals surface area contributed by atoms with Crippen molar-refractivity contribution in [2.45, 2.75) is 40.0 Å². The Balaban J connectivity index is 1.52. The SMILES string of the molecule is CCNC(=NCCCN1CCCC1=O)N1CCN(c2cccc(C)c2C)CC1. The van der Waals surface area contributed by atoms with Gasteiger partial charge in [0.05, 0.1) is 0 Å². The number of carbonyl (C=O) groups excluding carboxylic acids is 1. The number of amides is 1. The molecule has 0 spiro atoms. The number of hydrogen-bond acceptors (Lipinski definition) is 3. The van der Waals surface area contributed by atoms with Crippen molar-refractivity contribution < 1.29 is 4.79 Å². The van der Waals surface area contributed by atoms with Crippen LogP contribution in [0.15, 0.2) is 23.2 Å². The van der Waals surface area contributed by atoms with Crippen molar-refractivity contribution in [3.63, 3.8) is 0 Å². The van der Waals surface area contributed by atoms with E-state index in [1.165, 1.54) is 16.8 Å². The number of aryl methyl sites for hydroxylation is 1. The molecule has 0 bridgehead atoms. The van der Waals surface area contributed by atoms with E-state index < -0.39 is 0 Å². The van der Waals surface area contributed by atoms with Crippen molar-refractivity contribution >= 4 is 17.6 Å². The van der Waals surface area contributed by atoms with Crippen LogP contribution in [0.4, 0.5) is 5.69 Å². The maximum absolute atomic E-state index is 11.7. The lowest BCUT2D eigenvalue weighted by atomic mass is 10.1. The van der Waals surface area contributed by atoms with E-state index >= 15 is 0 Å². The molecule has 154 valence electrons. The Morgan fingerprint density at radius 3 is 2.61 bits per heavy atom. The molecule has 2 aliphatic rings. The number of likely N-dealkylation sites (tertiary alicyclic amines) is 1. The molecule has 6 heteroatoms. The highest BCUT2D eigenvalue weighted by Gasteiger charge is 2.21. The van der Waals surface area contributed by atoms with Gasteiger partial charge in [0.15, 0.2) is 5.96 Å². The summed E-state index contributed by atoms with van der Waals surface area (Å²) in [7, 11) is 0. The Bertz CT molecular complexity index is 694. The van der Waals surface area contributed by atoms with Crippen molar-refractivity contribution in [1.82, 2.24) is 15.1 Å². The Kier molecular flexibility index (Phi) is 7.18. The van der Waals surface area contributed by atoms with Crippen molar-refractivity contribution in [2.24, 2.45) is 4.99 Å². The fraction of sp³-hybridized carbons (Fsp3) is 0.636. The van der Waals surface area contributed by atoms with Crippen LogP contribution in [-0.4, -0.2) is 74.0 Å². The molecule has 2 heterocycles. The molecule has 1 aromatic carbocycles. The van der Waals surface area contributed by atoms with Crippen molar-refractivity contribution in [3.05, 3.63) is 29.3 Å². The zero-order valence-corrected chi connectivity index (χ0v) is 17.7. The Morgan fingerprint density at radius 2 is 1.93 bits per heavy atom. The highest BCUT2D eigenvalue weighted by molar-refractivity contribution is 5.80. The van der Waals surface area contributed by atoms with Crippen LogP contribution >= 0.6 is 0 Å². The van der Waals surface area contributed by atoms with E-state index in [9.17, 15) is 4.79 Å². The highest BCUT2D eigenvalue weighted by atomic mass is 16.2. The van der Waals surface area contributed by atoms with Gasteiger partial charge in [-0.15, -0.1) is 0 Å². The predicted molar refractivity (Wildman–Crippen MR) is 116 cm³/mol. The number of guanidine groups is 1. The van der Waals surface area contributed by atoms with Gasteiger partial charge >= 0.3 is 0 Å². The fourth-order valence-electron chi connectivity index (χ4n) is 4.05. The number of benzene rings is 1. The third-order valence-electron chi connectivity index (χ3n) is 5.85. The molecule has 28 heavy (non-hydrogen) atoms. The summed E-state index contributed by atoms with van der Waals surface area (Å²) in [6.07, 6.45) is 2.66. The van der Waals surface area contributed by atoms with Gasteiger partial charge < -0.3 is 20.0 Å². The monoisotopic (exact) mass is 385 g/mol. The van der Waals surface area contributed by atoms with Gasteiger partial charge in [0, 0.05) is 64.5 Å². The molecule has 1 N–H and O–H groups in total. The van der Waals surface area contributed by atoms with Crippen LogP contribution in [0.3, 0.4) is 0 Å². The van der Waals surface area contributed by atoms with Crippen LogP contribution in [0, 0.1) is 13.8 Å². The average Bonchev–Trinajstić information content (AvgIpc) is 3.11. The number of aliphatic imine (C=N–C) groups is 1. The van der Waals surface area contributed by atoms with Crippen LogP contribution in [0.25, 0.3) is 0 Å². The number of piperazine rings is 1. The van der Waals surface area contributed by atoms with Crippen molar-refractivity contribution in [2.75, 3.05) is 57.3 Å². The lowest BCUT2D eigenvalue weighted by Gasteiger charge is -2.38. The molecule has 3 rings (SSSR count). The van der Waals surface area contributed by atoms with Gasteiger partial charge in [0.2, 0.25) is 5.91 Å². The minimum absolute atomic E-state index is 0.304. The summed E-state index contributed by atoms with van der Waals surface area (Å²) < 4.78 is 0. The average molecular weight is 386 g/mol.